The largest absolute Gasteiger partial charge is 0.467 e. The summed E-state index contributed by atoms with van der Waals surface area (Å²) < 4.78 is 6.35. The van der Waals surface area contributed by atoms with Crippen LogP contribution < -0.4 is 0 Å². The molecule has 3 rings (SSSR count). The minimum Gasteiger partial charge on any atom is -0.467 e. The Bertz CT molecular complexity index is 704. The zero-order valence-corrected chi connectivity index (χ0v) is 11.6. The summed E-state index contributed by atoms with van der Waals surface area (Å²) in [7, 11) is 1.24. The summed E-state index contributed by atoms with van der Waals surface area (Å²) in [5, 5.41) is 10.5. The molecule has 2 aromatic rings. The van der Waals surface area contributed by atoms with E-state index in [0.717, 1.165) is 0 Å². The number of hydrogen-bond acceptors (Lipinski definition) is 4. The topological polar surface area (TPSA) is 68.5 Å². The van der Waals surface area contributed by atoms with Crippen LogP contribution in [0, 0.1) is 0 Å². The average molecular weight is 285 g/mol. The van der Waals surface area contributed by atoms with Gasteiger partial charge in [-0.2, -0.15) is 0 Å². The molecule has 0 saturated carbocycles. The third-order valence-electron chi connectivity index (χ3n) is 3.89. The van der Waals surface area contributed by atoms with Crippen molar-refractivity contribution >= 4 is 11.8 Å². The normalized spacial score (nSPS) is 20.1. The Morgan fingerprint density at radius 1 is 1.19 bits per heavy atom. The number of aliphatic hydroxyl groups is 1. The molecule has 1 aromatic carbocycles. The van der Waals surface area contributed by atoms with E-state index in [-0.39, 0.29) is 12.2 Å². The van der Waals surface area contributed by atoms with Gasteiger partial charge < -0.3 is 14.4 Å². The number of ketones is 1. The lowest BCUT2D eigenvalue weighted by Gasteiger charge is -2.18. The fourth-order valence-electron chi connectivity index (χ4n) is 2.78. The summed E-state index contributed by atoms with van der Waals surface area (Å²) in [6.07, 6.45) is 0.213. The van der Waals surface area contributed by atoms with Crippen molar-refractivity contribution < 1.29 is 19.4 Å². The van der Waals surface area contributed by atoms with Gasteiger partial charge in [-0.05, 0) is 12.1 Å². The smallest absolute Gasteiger partial charge is 0.344 e. The Hall–Kier alpha value is -2.40. The van der Waals surface area contributed by atoms with Crippen molar-refractivity contribution in [3.63, 3.8) is 0 Å². The molecule has 5 nitrogen and oxygen atoms in total. The number of rotatable bonds is 3. The van der Waals surface area contributed by atoms with Crippen LogP contribution in [0.4, 0.5) is 0 Å². The van der Waals surface area contributed by atoms with E-state index in [0.29, 0.717) is 23.5 Å². The lowest BCUT2D eigenvalue weighted by molar-refractivity contribution is -0.163. The predicted octanol–water partition coefficient (Wildman–Crippen LogP) is 1.48. The molecule has 5 heteroatoms. The van der Waals surface area contributed by atoms with E-state index < -0.39 is 11.6 Å². The van der Waals surface area contributed by atoms with Crippen molar-refractivity contribution in [2.45, 2.75) is 18.6 Å². The third kappa shape index (κ3) is 1.97. The van der Waals surface area contributed by atoms with E-state index in [2.05, 4.69) is 4.74 Å². The Balaban J connectivity index is 2.01. The minimum atomic E-state index is -1.66. The van der Waals surface area contributed by atoms with E-state index >= 15 is 0 Å². The number of hydrogen-bond donors (Lipinski definition) is 1. The van der Waals surface area contributed by atoms with Crippen molar-refractivity contribution in [2.24, 2.45) is 0 Å². The molecular weight excluding hydrogens is 270 g/mol. The number of carbonyl (C=O) groups is 2. The van der Waals surface area contributed by atoms with Crippen LogP contribution in [-0.2, 0) is 21.7 Å². The molecular formula is C16H15NO4. The first-order valence-electron chi connectivity index (χ1n) is 6.68. The minimum absolute atomic E-state index is 0.129. The highest BCUT2D eigenvalue weighted by molar-refractivity contribution is 6.08. The van der Waals surface area contributed by atoms with Gasteiger partial charge >= 0.3 is 5.97 Å². The van der Waals surface area contributed by atoms with Crippen LogP contribution in [0.2, 0.25) is 0 Å². The Labute approximate surface area is 121 Å². The van der Waals surface area contributed by atoms with E-state index in [1.807, 2.05) is 6.07 Å². The molecule has 0 amide bonds. The monoisotopic (exact) mass is 285 g/mol. The summed E-state index contributed by atoms with van der Waals surface area (Å²) in [6.45, 7) is 0.405. The van der Waals surface area contributed by atoms with Crippen LogP contribution >= 0.6 is 0 Å². The highest BCUT2D eigenvalue weighted by Gasteiger charge is 2.46. The molecule has 0 aliphatic carbocycles. The fraction of sp³-hybridized carbons (Fsp3) is 0.250. The van der Waals surface area contributed by atoms with Crippen LogP contribution in [0.1, 0.15) is 28.2 Å². The quantitative estimate of drug-likeness (QED) is 0.685. The molecule has 1 aliphatic heterocycles. The standard InChI is InChI=1S/C16H15NO4/c1-21-15(19)16(20)9-10-17-12(7-8-13(16)17)14(18)11-5-3-2-4-6-11/h2-8,20H,9-10H2,1H3. The van der Waals surface area contributed by atoms with Gasteiger partial charge in [-0.15, -0.1) is 0 Å². The molecule has 21 heavy (non-hydrogen) atoms. The molecule has 1 atom stereocenters. The summed E-state index contributed by atoms with van der Waals surface area (Å²) in [5.74, 6) is -0.825. The molecule has 1 N–H and O–H groups in total. The Kier molecular flexibility index (Phi) is 3.14. The van der Waals surface area contributed by atoms with Gasteiger partial charge in [0.05, 0.1) is 18.5 Å². The van der Waals surface area contributed by atoms with Crippen molar-refractivity contribution in [1.29, 1.82) is 0 Å². The number of carbonyl (C=O) groups excluding carboxylic acids is 2. The van der Waals surface area contributed by atoms with Gasteiger partial charge in [-0.25, -0.2) is 4.79 Å². The lowest BCUT2D eigenvalue weighted by Crippen LogP contribution is -2.34. The molecule has 0 fully saturated rings. The number of methoxy groups -OCH3 is 1. The molecule has 1 aliphatic rings. The molecule has 0 saturated heterocycles. The van der Waals surface area contributed by atoms with E-state index in [9.17, 15) is 14.7 Å². The Morgan fingerprint density at radius 3 is 2.57 bits per heavy atom. The van der Waals surface area contributed by atoms with Gasteiger partial charge in [-0.3, -0.25) is 4.79 Å². The van der Waals surface area contributed by atoms with Crippen molar-refractivity contribution in [1.82, 2.24) is 4.57 Å². The molecule has 0 radical (unpaired) electrons. The third-order valence-corrected chi connectivity index (χ3v) is 3.89. The number of aromatic nitrogens is 1. The first-order chi connectivity index (χ1) is 10.1. The van der Waals surface area contributed by atoms with Crippen molar-refractivity contribution in [3.05, 3.63) is 59.4 Å². The first-order valence-corrected chi connectivity index (χ1v) is 6.68. The van der Waals surface area contributed by atoms with Gasteiger partial charge in [-0.1, -0.05) is 30.3 Å². The Morgan fingerprint density at radius 2 is 1.90 bits per heavy atom. The van der Waals surface area contributed by atoms with E-state index in [4.69, 9.17) is 0 Å². The van der Waals surface area contributed by atoms with Crippen molar-refractivity contribution in [3.8, 4) is 0 Å². The molecule has 108 valence electrons. The maximum Gasteiger partial charge on any atom is 0.344 e. The van der Waals surface area contributed by atoms with Gasteiger partial charge in [0.1, 0.15) is 0 Å². The van der Waals surface area contributed by atoms with Crippen LogP contribution in [0.15, 0.2) is 42.5 Å². The van der Waals surface area contributed by atoms with Crippen LogP contribution in [0.5, 0.6) is 0 Å². The number of ether oxygens (including phenoxy) is 1. The maximum atomic E-state index is 12.5. The lowest BCUT2D eigenvalue weighted by atomic mass is 9.99. The first kappa shape index (κ1) is 13.6. The van der Waals surface area contributed by atoms with Gasteiger partial charge in [0.25, 0.3) is 0 Å². The highest BCUT2D eigenvalue weighted by atomic mass is 16.5. The maximum absolute atomic E-state index is 12.5. The van der Waals surface area contributed by atoms with Crippen LogP contribution in [0.3, 0.4) is 0 Å². The zero-order chi connectivity index (χ0) is 15.0. The average Bonchev–Trinajstić information content (AvgIpc) is 3.09. The zero-order valence-electron chi connectivity index (χ0n) is 11.6. The van der Waals surface area contributed by atoms with Gasteiger partial charge in [0, 0.05) is 18.5 Å². The molecule has 1 aromatic heterocycles. The van der Waals surface area contributed by atoms with Gasteiger partial charge in [0.2, 0.25) is 11.4 Å². The summed E-state index contributed by atoms with van der Waals surface area (Å²) >= 11 is 0. The number of fused-ring (bicyclic) bond motifs is 1. The van der Waals surface area contributed by atoms with Crippen LogP contribution in [-0.4, -0.2) is 28.5 Å². The molecule has 0 spiro atoms. The van der Waals surface area contributed by atoms with Crippen LogP contribution in [0.25, 0.3) is 0 Å². The second-order valence-corrected chi connectivity index (χ2v) is 5.05. The molecule has 0 bridgehead atoms. The molecule has 1 unspecified atom stereocenters. The predicted molar refractivity (Wildman–Crippen MR) is 74.8 cm³/mol. The van der Waals surface area contributed by atoms with E-state index in [1.54, 1.807) is 41.0 Å². The summed E-state index contributed by atoms with van der Waals surface area (Å²) in [5.41, 5.74) is -0.208. The fourth-order valence-corrected chi connectivity index (χ4v) is 2.78. The number of nitrogens with zero attached hydrogens (tertiary/aromatic N) is 1. The number of benzene rings is 1. The second kappa shape index (κ2) is 4.86. The highest BCUT2D eigenvalue weighted by Crippen LogP contribution is 2.35. The summed E-state index contributed by atoms with van der Waals surface area (Å²) in [4.78, 5) is 24.3. The van der Waals surface area contributed by atoms with E-state index in [1.165, 1.54) is 7.11 Å². The number of esters is 1. The second-order valence-electron chi connectivity index (χ2n) is 5.05. The molecule has 2 heterocycles. The van der Waals surface area contributed by atoms with Gasteiger partial charge in [0.15, 0.2) is 0 Å². The van der Waals surface area contributed by atoms with Crippen molar-refractivity contribution in [2.75, 3.05) is 7.11 Å². The SMILES string of the molecule is COC(=O)C1(O)CCn2c(C(=O)c3ccccc3)ccc21. The summed E-state index contributed by atoms with van der Waals surface area (Å²) in [6, 6.07) is 12.2.